The van der Waals surface area contributed by atoms with Crippen LogP contribution in [0.3, 0.4) is 0 Å². The van der Waals surface area contributed by atoms with Crippen LogP contribution in [0.2, 0.25) is 0 Å². The molecule has 1 fully saturated rings. The highest BCUT2D eigenvalue weighted by atomic mass is 32.1. The molecule has 0 unspecified atom stereocenters. The predicted octanol–water partition coefficient (Wildman–Crippen LogP) is 4.17. The molecule has 2 aliphatic rings. The first-order chi connectivity index (χ1) is 15.1. The third-order valence-electron chi connectivity index (χ3n) is 6.22. The van der Waals surface area contributed by atoms with Gasteiger partial charge in [-0.2, -0.15) is 5.26 Å². The SMILES string of the molecule is N#Cc1c(NC(=O)CCN2CCCN(Cc3ccccc3F)CC2)sc2c1CCCC2. The first kappa shape index (κ1) is 21.9. The Bertz CT molecular complexity index is 967. The number of thiophene rings is 1. The lowest BCUT2D eigenvalue weighted by Crippen LogP contribution is -2.32. The van der Waals surface area contributed by atoms with Gasteiger partial charge in [-0.15, -0.1) is 11.3 Å². The molecule has 1 amide bonds. The number of benzene rings is 1. The van der Waals surface area contributed by atoms with Gasteiger partial charge in [0.2, 0.25) is 5.91 Å². The summed E-state index contributed by atoms with van der Waals surface area (Å²) in [5.41, 5.74) is 2.56. The van der Waals surface area contributed by atoms with Crippen LogP contribution in [0.1, 0.15) is 47.3 Å². The Labute approximate surface area is 187 Å². The number of rotatable bonds is 6. The number of hydrogen-bond donors (Lipinski definition) is 1. The zero-order valence-electron chi connectivity index (χ0n) is 17.8. The van der Waals surface area contributed by atoms with Crippen molar-refractivity contribution < 1.29 is 9.18 Å². The Morgan fingerprint density at radius 3 is 2.71 bits per heavy atom. The van der Waals surface area contributed by atoms with Gasteiger partial charge in [-0.3, -0.25) is 9.69 Å². The molecular formula is C24H29FN4OS. The minimum atomic E-state index is -0.146. The molecule has 1 aromatic carbocycles. The van der Waals surface area contributed by atoms with Crippen LogP contribution in [0.15, 0.2) is 24.3 Å². The summed E-state index contributed by atoms with van der Waals surface area (Å²) in [6.45, 7) is 4.94. The minimum absolute atomic E-state index is 0.0254. The van der Waals surface area contributed by atoms with Gasteiger partial charge in [0, 0.05) is 43.0 Å². The minimum Gasteiger partial charge on any atom is -0.317 e. The normalized spacial score (nSPS) is 17.5. The highest BCUT2D eigenvalue weighted by Gasteiger charge is 2.22. The molecule has 0 radical (unpaired) electrons. The lowest BCUT2D eigenvalue weighted by molar-refractivity contribution is -0.116. The average Bonchev–Trinajstić information content (AvgIpc) is 2.96. The van der Waals surface area contributed by atoms with Gasteiger partial charge in [-0.25, -0.2) is 4.39 Å². The molecule has 1 saturated heterocycles. The summed E-state index contributed by atoms with van der Waals surface area (Å²) in [4.78, 5) is 18.4. The predicted molar refractivity (Wildman–Crippen MR) is 122 cm³/mol. The molecule has 1 aliphatic heterocycles. The average molecular weight is 441 g/mol. The molecule has 2 heterocycles. The van der Waals surface area contributed by atoms with Crippen LogP contribution in [0.4, 0.5) is 9.39 Å². The summed E-state index contributed by atoms with van der Waals surface area (Å²) in [6, 6.07) is 9.26. The summed E-state index contributed by atoms with van der Waals surface area (Å²) in [7, 11) is 0. The van der Waals surface area contributed by atoms with Crippen molar-refractivity contribution >= 4 is 22.2 Å². The van der Waals surface area contributed by atoms with Gasteiger partial charge in [-0.1, -0.05) is 18.2 Å². The highest BCUT2D eigenvalue weighted by molar-refractivity contribution is 7.16. The van der Waals surface area contributed by atoms with Crippen molar-refractivity contribution in [2.24, 2.45) is 0 Å². The van der Waals surface area contributed by atoms with Gasteiger partial charge in [0.05, 0.1) is 5.56 Å². The number of nitriles is 1. The summed E-state index contributed by atoms with van der Waals surface area (Å²) in [5.74, 6) is -0.171. The number of nitrogens with one attached hydrogen (secondary N) is 1. The molecular weight excluding hydrogens is 411 g/mol. The van der Waals surface area contributed by atoms with Crippen molar-refractivity contribution in [1.29, 1.82) is 5.26 Å². The molecule has 164 valence electrons. The van der Waals surface area contributed by atoms with Crippen molar-refractivity contribution in [2.45, 2.75) is 45.1 Å². The van der Waals surface area contributed by atoms with Crippen LogP contribution in [0.25, 0.3) is 0 Å². The number of amides is 1. The van der Waals surface area contributed by atoms with E-state index < -0.39 is 0 Å². The van der Waals surface area contributed by atoms with Crippen LogP contribution in [-0.4, -0.2) is 48.4 Å². The maximum atomic E-state index is 13.9. The summed E-state index contributed by atoms with van der Waals surface area (Å²) < 4.78 is 13.9. The van der Waals surface area contributed by atoms with Crippen LogP contribution < -0.4 is 5.32 Å². The standard InChI is InChI=1S/C24H29FN4OS/c25-21-8-3-1-6-18(21)17-29-12-5-11-28(14-15-29)13-10-23(30)27-24-20(16-26)19-7-2-4-9-22(19)31-24/h1,3,6,8H,2,4-5,7,9-15,17H2,(H,27,30). The van der Waals surface area contributed by atoms with E-state index in [1.807, 2.05) is 12.1 Å². The van der Waals surface area contributed by atoms with E-state index >= 15 is 0 Å². The fraction of sp³-hybridized carbons (Fsp3) is 0.500. The molecule has 1 N–H and O–H groups in total. The van der Waals surface area contributed by atoms with Crippen molar-refractivity contribution in [3.05, 3.63) is 51.7 Å². The number of halogens is 1. The number of aryl methyl sites for hydroxylation is 1. The van der Waals surface area contributed by atoms with Crippen molar-refractivity contribution in [2.75, 3.05) is 38.0 Å². The fourth-order valence-corrected chi connectivity index (χ4v) is 5.75. The molecule has 5 nitrogen and oxygen atoms in total. The molecule has 0 bridgehead atoms. The van der Waals surface area contributed by atoms with Crippen LogP contribution in [0.5, 0.6) is 0 Å². The molecule has 0 atom stereocenters. The van der Waals surface area contributed by atoms with Gasteiger partial charge < -0.3 is 10.2 Å². The topological polar surface area (TPSA) is 59.4 Å². The number of carbonyl (C=O) groups excluding carboxylic acids is 1. The van der Waals surface area contributed by atoms with Crippen LogP contribution in [0, 0.1) is 17.1 Å². The van der Waals surface area contributed by atoms with Gasteiger partial charge in [-0.05, 0) is 56.8 Å². The molecule has 2 aromatic rings. The van der Waals surface area contributed by atoms with E-state index in [2.05, 4.69) is 21.2 Å². The molecule has 1 aliphatic carbocycles. The molecule has 1 aromatic heterocycles. The zero-order valence-corrected chi connectivity index (χ0v) is 18.6. The first-order valence-corrected chi connectivity index (χ1v) is 12.0. The van der Waals surface area contributed by atoms with Gasteiger partial charge >= 0.3 is 0 Å². The Morgan fingerprint density at radius 1 is 1.10 bits per heavy atom. The van der Waals surface area contributed by atoms with E-state index in [1.54, 1.807) is 17.4 Å². The maximum Gasteiger partial charge on any atom is 0.226 e. The summed E-state index contributed by atoms with van der Waals surface area (Å²) in [6.07, 6.45) is 5.67. The molecule has 4 rings (SSSR count). The Morgan fingerprint density at radius 2 is 1.87 bits per heavy atom. The van der Waals surface area contributed by atoms with E-state index in [0.717, 1.165) is 74.4 Å². The Balaban J connectivity index is 1.26. The van der Waals surface area contributed by atoms with Gasteiger partial charge in [0.1, 0.15) is 16.9 Å². The number of hydrogen-bond acceptors (Lipinski definition) is 5. The lowest BCUT2D eigenvalue weighted by atomic mass is 9.96. The molecule has 0 saturated carbocycles. The quantitative estimate of drug-likeness (QED) is 0.732. The van der Waals surface area contributed by atoms with E-state index in [-0.39, 0.29) is 11.7 Å². The molecule has 7 heteroatoms. The number of fused-ring (bicyclic) bond motifs is 1. The second-order valence-corrected chi connectivity index (χ2v) is 9.49. The smallest absolute Gasteiger partial charge is 0.226 e. The fourth-order valence-electron chi connectivity index (χ4n) is 4.49. The molecule has 0 spiro atoms. The second-order valence-electron chi connectivity index (χ2n) is 8.39. The summed E-state index contributed by atoms with van der Waals surface area (Å²) in [5, 5.41) is 13.3. The van der Waals surface area contributed by atoms with E-state index in [4.69, 9.17) is 0 Å². The van der Waals surface area contributed by atoms with Crippen molar-refractivity contribution in [3.8, 4) is 6.07 Å². The maximum absolute atomic E-state index is 13.9. The van der Waals surface area contributed by atoms with E-state index in [0.29, 0.717) is 25.1 Å². The third-order valence-corrected chi connectivity index (χ3v) is 7.43. The molecule has 31 heavy (non-hydrogen) atoms. The van der Waals surface area contributed by atoms with Crippen molar-refractivity contribution in [3.63, 3.8) is 0 Å². The van der Waals surface area contributed by atoms with E-state index in [9.17, 15) is 14.4 Å². The lowest BCUT2D eigenvalue weighted by Gasteiger charge is -2.21. The number of carbonyl (C=O) groups is 1. The summed E-state index contributed by atoms with van der Waals surface area (Å²) >= 11 is 1.58. The van der Waals surface area contributed by atoms with Crippen LogP contribution in [-0.2, 0) is 24.2 Å². The van der Waals surface area contributed by atoms with Gasteiger partial charge in [0.25, 0.3) is 0 Å². The van der Waals surface area contributed by atoms with E-state index in [1.165, 1.54) is 10.9 Å². The zero-order chi connectivity index (χ0) is 21.6. The Kier molecular flexibility index (Phi) is 7.33. The Hall–Kier alpha value is -2.27. The first-order valence-electron chi connectivity index (χ1n) is 11.2. The highest BCUT2D eigenvalue weighted by Crippen LogP contribution is 2.37. The number of anilines is 1. The third kappa shape index (κ3) is 5.51. The number of nitrogens with zero attached hydrogens (tertiary/aromatic N) is 3. The monoisotopic (exact) mass is 440 g/mol. The van der Waals surface area contributed by atoms with Gasteiger partial charge in [0.15, 0.2) is 0 Å². The second kappa shape index (κ2) is 10.4. The van der Waals surface area contributed by atoms with Crippen molar-refractivity contribution in [1.82, 2.24) is 9.80 Å². The largest absolute Gasteiger partial charge is 0.317 e. The van der Waals surface area contributed by atoms with Crippen LogP contribution >= 0.6 is 11.3 Å².